The second-order valence-electron chi connectivity index (χ2n) is 7.76. The summed E-state index contributed by atoms with van der Waals surface area (Å²) in [5, 5.41) is 0.961. The molecule has 0 bridgehead atoms. The lowest BCUT2D eigenvalue weighted by Gasteiger charge is -2.43. The number of amides is 1. The summed E-state index contributed by atoms with van der Waals surface area (Å²) in [6.45, 7) is 6.37. The molecule has 0 saturated heterocycles. The Hall–Kier alpha value is -2.04. The smallest absolute Gasteiger partial charge is 0.278 e. The molecule has 140 valence electrons. The van der Waals surface area contributed by atoms with Gasteiger partial charge in [-0.15, -0.1) is 0 Å². The van der Waals surface area contributed by atoms with Crippen LogP contribution in [0.2, 0.25) is 10.0 Å². The molecule has 1 atom stereocenters. The maximum Gasteiger partial charge on any atom is 0.278 e. The van der Waals surface area contributed by atoms with Gasteiger partial charge in [0.2, 0.25) is 0 Å². The third-order valence-electron chi connectivity index (χ3n) is 5.26. The van der Waals surface area contributed by atoms with E-state index in [2.05, 4.69) is 25.8 Å². The molecule has 2 aromatic carbocycles. The number of benzene rings is 2. The van der Waals surface area contributed by atoms with Crippen LogP contribution in [-0.2, 0) is 4.79 Å². The normalized spacial score (nSPS) is 21.6. The minimum atomic E-state index is -0.296. The van der Waals surface area contributed by atoms with Crippen molar-refractivity contribution in [1.82, 2.24) is 0 Å². The first-order chi connectivity index (χ1) is 12.7. The Bertz CT molecular complexity index is 978. The van der Waals surface area contributed by atoms with Crippen molar-refractivity contribution in [2.24, 2.45) is 4.99 Å². The Kier molecular flexibility index (Phi) is 4.24. The number of aliphatic imine (C=N–C) groups is 1. The summed E-state index contributed by atoms with van der Waals surface area (Å²) >= 11 is 12.2. The molecule has 2 aliphatic rings. The van der Waals surface area contributed by atoms with Gasteiger partial charge in [-0.25, -0.2) is 4.99 Å². The van der Waals surface area contributed by atoms with E-state index in [4.69, 9.17) is 27.9 Å². The Morgan fingerprint density at radius 1 is 1.15 bits per heavy atom. The van der Waals surface area contributed by atoms with Crippen LogP contribution >= 0.6 is 23.2 Å². The zero-order chi connectivity index (χ0) is 19.5. The molecule has 4 rings (SSSR count). The molecular weight excluding hydrogens is 383 g/mol. The van der Waals surface area contributed by atoms with Crippen LogP contribution in [0.25, 0.3) is 0 Å². The highest BCUT2D eigenvalue weighted by Gasteiger charge is 2.48. The Morgan fingerprint density at radius 3 is 2.44 bits per heavy atom. The van der Waals surface area contributed by atoms with Crippen molar-refractivity contribution in [3.05, 3.63) is 51.5 Å². The first-order valence-electron chi connectivity index (χ1n) is 8.83. The Morgan fingerprint density at radius 2 is 1.81 bits per heavy atom. The quantitative estimate of drug-likeness (QED) is 0.640. The van der Waals surface area contributed by atoms with Crippen LogP contribution in [0.15, 0.2) is 35.3 Å². The summed E-state index contributed by atoms with van der Waals surface area (Å²) < 4.78 is 5.49. The SMILES string of the molecule is COc1cc2c3c(c1)C(C)CC(C)(C)N3C(=O)C2=Nc1cc(Cl)cc(Cl)c1. The van der Waals surface area contributed by atoms with Gasteiger partial charge in [0, 0.05) is 21.1 Å². The molecule has 0 N–H and O–H groups in total. The lowest BCUT2D eigenvalue weighted by Crippen LogP contribution is -2.50. The summed E-state index contributed by atoms with van der Waals surface area (Å²) in [5.74, 6) is 0.933. The molecule has 0 spiro atoms. The molecular formula is C21H20Cl2N2O2. The van der Waals surface area contributed by atoms with Crippen molar-refractivity contribution in [3.63, 3.8) is 0 Å². The van der Waals surface area contributed by atoms with Gasteiger partial charge in [0.25, 0.3) is 5.91 Å². The number of hydrogen-bond acceptors (Lipinski definition) is 3. The van der Waals surface area contributed by atoms with E-state index in [-0.39, 0.29) is 11.4 Å². The number of carbonyl (C=O) groups is 1. The highest BCUT2D eigenvalue weighted by atomic mass is 35.5. The molecule has 2 aromatic rings. The second-order valence-corrected chi connectivity index (χ2v) is 8.63. The molecule has 2 heterocycles. The van der Waals surface area contributed by atoms with E-state index in [0.29, 0.717) is 27.4 Å². The third kappa shape index (κ3) is 2.91. The van der Waals surface area contributed by atoms with Crippen molar-refractivity contribution in [3.8, 4) is 5.75 Å². The highest BCUT2D eigenvalue weighted by Crippen LogP contribution is 2.50. The van der Waals surface area contributed by atoms with E-state index >= 15 is 0 Å². The summed E-state index contributed by atoms with van der Waals surface area (Å²) in [6.07, 6.45) is 0.870. The maximum atomic E-state index is 13.4. The van der Waals surface area contributed by atoms with E-state index < -0.39 is 0 Å². The van der Waals surface area contributed by atoms with E-state index in [9.17, 15) is 4.79 Å². The van der Waals surface area contributed by atoms with Gasteiger partial charge >= 0.3 is 0 Å². The van der Waals surface area contributed by atoms with Crippen LogP contribution in [0, 0.1) is 0 Å². The largest absolute Gasteiger partial charge is 0.497 e. The van der Waals surface area contributed by atoms with Crippen molar-refractivity contribution in [1.29, 1.82) is 0 Å². The molecule has 0 aromatic heterocycles. The zero-order valence-electron chi connectivity index (χ0n) is 15.6. The number of methoxy groups -OCH3 is 1. The van der Waals surface area contributed by atoms with Crippen molar-refractivity contribution >= 4 is 46.2 Å². The number of carbonyl (C=O) groups excluding carboxylic acids is 1. The molecule has 4 nitrogen and oxygen atoms in total. The number of rotatable bonds is 2. The van der Waals surface area contributed by atoms with E-state index in [1.165, 1.54) is 0 Å². The minimum absolute atomic E-state index is 0.104. The van der Waals surface area contributed by atoms with Crippen molar-refractivity contribution < 1.29 is 9.53 Å². The summed E-state index contributed by atoms with van der Waals surface area (Å²) in [7, 11) is 1.63. The summed E-state index contributed by atoms with van der Waals surface area (Å²) in [4.78, 5) is 19.9. The molecule has 1 unspecified atom stereocenters. The van der Waals surface area contributed by atoms with Crippen LogP contribution in [0.5, 0.6) is 5.75 Å². The number of anilines is 1. The van der Waals surface area contributed by atoms with Gasteiger partial charge in [-0.3, -0.25) is 4.79 Å². The molecule has 6 heteroatoms. The molecule has 0 saturated carbocycles. The Labute approximate surface area is 168 Å². The first-order valence-corrected chi connectivity index (χ1v) is 9.58. The number of halogens is 2. The second kappa shape index (κ2) is 6.25. The fourth-order valence-corrected chi connectivity index (χ4v) is 4.76. The molecule has 1 amide bonds. The van der Waals surface area contributed by atoms with Crippen molar-refractivity contribution in [2.45, 2.75) is 38.6 Å². The summed E-state index contributed by atoms with van der Waals surface area (Å²) in [6, 6.07) is 8.95. The third-order valence-corrected chi connectivity index (χ3v) is 5.70. The van der Waals surface area contributed by atoms with Crippen LogP contribution in [0.4, 0.5) is 11.4 Å². The van der Waals surface area contributed by atoms with Gasteiger partial charge in [-0.05, 0) is 62.1 Å². The maximum absolute atomic E-state index is 13.4. The van der Waals surface area contributed by atoms with E-state index in [1.54, 1.807) is 25.3 Å². The lowest BCUT2D eigenvalue weighted by atomic mass is 9.80. The lowest BCUT2D eigenvalue weighted by molar-refractivity contribution is -0.113. The number of nitrogens with zero attached hydrogens (tertiary/aromatic N) is 2. The summed E-state index contributed by atoms with van der Waals surface area (Å²) in [5.41, 5.74) is 3.51. The average molecular weight is 403 g/mol. The van der Waals surface area contributed by atoms with Gasteiger partial charge < -0.3 is 9.64 Å². The zero-order valence-corrected chi connectivity index (χ0v) is 17.1. The molecule has 0 aliphatic carbocycles. The van der Waals surface area contributed by atoms with Crippen molar-refractivity contribution in [2.75, 3.05) is 12.0 Å². The van der Waals surface area contributed by atoms with Crippen LogP contribution in [0.1, 0.15) is 44.2 Å². The van der Waals surface area contributed by atoms with Gasteiger partial charge in [-0.2, -0.15) is 0 Å². The standard InChI is InChI=1S/C21H20Cl2N2O2/c1-11-10-21(2,3)25-19-16(11)8-15(27-4)9-17(19)18(20(25)26)24-14-6-12(22)5-13(23)7-14/h5-9,11H,10H2,1-4H3. The van der Waals surface area contributed by atoms with Crippen LogP contribution in [-0.4, -0.2) is 24.3 Å². The minimum Gasteiger partial charge on any atom is -0.497 e. The average Bonchev–Trinajstić information content (AvgIpc) is 2.84. The number of ether oxygens (including phenoxy) is 1. The van der Waals surface area contributed by atoms with Gasteiger partial charge in [0.05, 0.1) is 18.5 Å². The van der Waals surface area contributed by atoms with Crippen LogP contribution in [0.3, 0.4) is 0 Å². The van der Waals surface area contributed by atoms with Crippen LogP contribution < -0.4 is 9.64 Å². The van der Waals surface area contributed by atoms with Gasteiger partial charge in [0.1, 0.15) is 11.5 Å². The van der Waals surface area contributed by atoms with Gasteiger partial charge in [-0.1, -0.05) is 30.1 Å². The van der Waals surface area contributed by atoms with Gasteiger partial charge in [0.15, 0.2) is 0 Å². The fraction of sp³-hybridized carbons (Fsp3) is 0.333. The number of hydrogen-bond donors (Lipinski definition) is 0. The molecule has 2 aliphatic heterocycles. The highest BCUT2D eigenvalue weighted by molar-refractivity contribution is 6.55. The Balaban J connectivity index is 1.98. The predicted octanol–water partition coefficient (Wildman–Crippen LogP) is 5.76. The first kappa shape index (κ1) is 18.3. The van der Waals surface area contributed by atoms with E-state index in [1.807, 2.05) is 17.0 Å². The molecule has 27 heavy (non-hydrogen) atoms. The monoisotopic (exact) mass is 402 g/mol. The topological polar surface area (TPSA) is 41.9 Å². The molecule has 0 radical (unpaired) electrons. The molecule has 0 fully saturated rings. The van der Waals surface area contributed by atoms with E-state index in [0.717, 1.165) is 29.0 Å². The fourth-order valence-electron chi connectivity index (χ4n) is 4.24. The predicted molar refractivity (Wildman–Crippen MR) is 110 cm³/mol.